The summed E-state index contributed by atoms with van der Waals surface area (Å²) in [5.74, 6) is -1.56. The van der Waals surface area contributed by atoms with Gasteiger partial charge in [-0.15, -0.1) is 0 Å². The molecule has 0 aromatic heterocycles. The van der Waals surface area contributed by atoms with Gasteiger partial charge in [0.05, 0.1) is 6.61 Å². The Morgan fingerprint density at radius 1 is 0.875 bits per heavy atom. The van der Waals surface area contributed by atoms with E-state index in [2.05, 4.69) is 6.92 Å². The zero-order valence-corrected chi connectivity index (χ0v) is 19.9. The van der Waals surface area contributed by atoms with Crippen molar-refractivity contribution in [3.05, 3.63) is 23.8 Å². The van der Waals surface area contributed by atoms with Crippen molar-refractivity contribution in [2.45, 2.75) is 103 Å². The summed E-state index contributed by atoms with van der Waals surface area (Å²) in [4.78, 5) is 21.5. The SMILES string of the molecule is CCCCCCCCCCCCCC(=O)O.CCOC(=O)[C@@H](N)Cc1ccc(O)c(O)c1. The van der Waals surface area contributed by atoms with Crippen molar-refractivity contribution in [1.29, 1.82) is 0 Å². The zero-order valence-electron chi connectivity index (χ0n) is 19.9. The molecule has 1 rings (SSSR count). The first-order chi connectivity index (χ1) is 15.3. The molecule has 0 aliphatic carbocycles. The summed E-state index contributed by atoms with van der Waals surface area (Å²) in [5, 5.41) is 26.8. The normalized spacial score (nSPS) is 11.3. The molecule has 1 aromatic carbocycles. The topological polar surface area (TPSA) is 130 Å². The molecule has 0 unspecified atom stereocenters. The predicted molar refractivity (Wildman–Crippen MR) is 127 cm³/mol. The molecule has 7 heteroatoms. The number of carbonyl (C=O) groups is 2. The molecule has 0 fully saturated rings. The number of carboxylic acid groups (broad SMARTS) is 1. The van der Waals surface area contributed by atoms with Crippen LogP contribution < -0.4 is 5.73 Å². The lowest BCUT2D eigenvalue weighted by molar-refractivity contribution is -0.144. The molecule has 5 N–H and O–H groups in total. The summed E-state index contributed by atoms with van der Waals surface area (Å²) >= 11 is 0. The third-order valence-corrected chi connectivity index (χ3v) is 5.08. The van der Waals surface area contributed by atoms with Crippen molar-refractivity contribution in [3.8, 4) is 11.5 Å². The summed E-state index contributed by atoms with van der Waals surface area (Å²) in [7, 11) is 0. The fraction of sp³-hybridized carbons (Fsp3) is 0.680. The van der Waals surface area contributed by atoms with Gasteiger partial charge in [-0.05, 0) is 37.5 Å². The van der Waals surface area contributed by atoms with Gasteiger partial charge >= 0.3 is 11.9 Å². The molecule has 32 heavy (non-hydrogen) atoms. The number of esters is 1. The number of phenolic OH excluding ortho intramolecular Hbond substituents is 2. The lowest BCUT2D eigenvalue weighted by Crippen LogP contribution is -2.34. The molecule has 0 saturated carbocycles. The zero-order chi connectivity index (χ0) is 24.2. The average molecular weight is 454 g/mol. The quantitative estimate of drug-likeness (QED) is 0.152. The summed E-state index contributed by atoms with van der Waals surface area (Å²) in [6.45, 7) is 4.24. The number of nitrogens with two attached hydrogens (primary N) is 1. The lowest BCUT2D eigenvalue weighted by atomic mass is 10.1. The molecule has 1 aromatic rings. The van der Waals surface area contributed by atoms with E-state index in [1.54, 1.807) is 13.0 Å². The molecule has 0 saturated heterocycles. The minimum atomic E-state index is -0.760. The summed E-state index contributed by atoms with van der Waals surface area (Å²) in [6.07, 6.45) is 14.6. The van der Waals surface area contributed by atoms with Gasteiger partial charge in [0.2, 0.25) is 0 Å². The fourth-order valence-electron chi connectivity index (χ4n) is 3.22. The Balaban J connectivity index is 0.000000601. The van der Waals surface area contributed by atoms with Crippen LogP contribution in [0.1, 0.15) is 96.5 Å². The Morgan fingerprint density at radius 2 is 1.41 bits per heavy atom. The standard InChI is InChI=1S/C14H28O2.C11H15NO4/c1-2-3-4-5-6-7-8-9-10-11-12-13-14(15)16;1-2-16-11(15)8(12)5-7-3-4-9(13)10(14)6-7/h2-13H2,1H3,(H,15,16);3-4,6,8,13-14H,2,5,12H2,1H3/t;8-/m.0/s1. The fourth-order valence-corrected chi connectivity index (χ4v) is 3.22. The van der Waals surface area contributed by atoms with Crippen LogP contribution in [0.5, 0.6) is 11.5 Å². The summed E-state index contributed by atoms with van der Waals surface area (Å²) in [6, 6.07) is 3.55. The number of aliphatic carboxylic acids is 1. The average Bonchev–Trinajstić information content (AvgIpc) is 2.75. The van der Waals surface area contributed by atoms with Crippen LogP contribution in [0.25, 0.3) is 0 Å². The second kappa shape index (κ2) is 19.4. The van der Waals surface area contributed by atoms with Gasteiger partial charge < -0.3 is 25.8 Å². The Bertz CT molecular complexity index is 635. The Hall–Kier alpha value is -2.28. The van der Waals surface area contributed by atoms with Crippen LogP contribution in [-0.2, 0) is 20.7 Å². The van der Waals surface area contributed by atoms with Gasteiger partial charge in [-0.1, -0.05) is 77.2 Å². The van der Waals surface area contributed by atoms with Gasteiger partial charge in [0.15, 0.2) is 11.5 Å². The van der Waals surface area contributed by atoms with E-state index in [1.165, 1.54) is 69.9 Å². The van der Waals surface area contributed by atoms with Gasteiger partial charge in [0, 0.05) is 6.42 Å². The number of hydrogen-bond acceptors (Lipinski definition) is 6. The van der Waals surface area contributed by atoms with E-state index < -0.39 is 18.0 Å². The monoisotopic (exact) mass is 453 g/mol. The number of hydrogen-bond donors (Lipinski definition) is 4. The maximum atomic E-state index is 11.2. The molecule has 1 atom stereocenters. The van der Waals surface area contributed by atoms with Crippen molar-refractivity contribution in [2.75, 3.05) is 6.61 Å². The highest BCUT2D eigenvalue weighted by molar-refractivity contribution is 5.75. The van der Waals surface area contributed by atoms with Crippen LogP contribution in [0.3, 0.4) is 0 Å². The van der Waals surface area contributed by atoms with Crippen molar-refractivity contribution < 1.29 is 29.6 Å². The molecule has 0 bridgehead atoms. The molecular formula is C25H43NO6. The third kappa shape index (κ3) is 16.4. The maximum Gasteiger partial charge on any atom is 0.323 e. The van der Waals surface area contributed by atoms with Crippen LogP contribution >= 0.6 is 0 Å². The van der Waals surface area contributed by atoms with E-state index in [-0.39, 0.29) is 24.5 Å². The van der Waals surface area contributed by atoms with E-state index in [4.69, 9.17) is 20.7 Å². The lowest BCUT2D eigenvalue weighted by Gasteiger charge is -2.10. The van der Waals surface area contributed by atoms with Gasteiger partial charge in [-0.2, -0.15) is 0 Å². The van der Waals surface area contributed by atoms with Gasteiger partial charge in [-0.3, -0.25) is 9.59 Å². The second-order valence-corrected chi connectivity index (χ2v) is 8.07. The number of ether oxygens (including phenoxy) is 1. The number of carboxylic acids is 1. The molecule has 0 aliphatic heterocycles. The van der Waals surface area contributed by atoms with Crippen LogP contribution in [0.15, 0.2) is 18.2 Å². The number of phenols is 2. The second-order valence-electron chi connectivity index (χ2n) is 8.07. The molecule has 0 aliphatic rings. The molecule has 0 amide bonds. The first-order valence-electron chi connectivity index (χ1n) is 12.0. The number of carbonyl (C=O) groups excluding carboxylic acids is 1. The van der Waals surface area contributed by atoms with Gasteiger partial charge in [-0.25, -0.2) is 0 Å². The number of rotatable bonds is 16. The first kappa shape index (κ1) is 29.7. The highest BCUT2D eigenvalue weighted by atomic mass is 16.5. The van der Waals surface area contributed by atoms with E-state index in [0.717, 1.165) is 12.8 Å². The minimum Gasteiger partial charge on any atom is -0.504 e. The van der Waals surface area contributed by atoms with E-state index in [1.807, 2.05) is 0 Å². The van der Waals surface area contributed by atoms with E-state index >= 15 is 0 Å². The summed E-state index contributed by atoms with van der Waals surface area (Å²) < 4.78 is 4.75. The number of aromatic hydroxyl groups is 2. The van der Waals surface area contributed by atoms with Crippen LogP contribution in [-0.4, -0.2) is 39.9 Å². The minimum absolute atomic E-state index is 0.201. The van der Waals surface area contributed by atoms with Crippen LogP contribution in [0.2, 0.25) is 0 Å². The molecule has 0 spiro atoms. The molecular weight excluding hydrogens is 410 g/mol. The smallest absolute Gasteiger partial charge is 0.323 e. The van der Waals surface area contributed by atoms with Gasteiger partial charge in [0.25, 0.3) is 0 Å². The van der Waals surface area contributed by atoms with Crippen molar-refractivity contribution >= 4 is 11.9 Å². The molecule has 184 valence electrons. The van der Waals surface area contributed by atoms with E-state index in [0.29, 0.717) is 12.0 Å². The van der Waals surface area contributed by atoms with Crippen molar-refractivity contribution in [3.63, 3.8) is 0 Å². The van der Waals surface area contributed by atoms with Crippen LogP contribution in [0, 0.1) is 0 Å². The number of benzene rings is 1. The molecule has 0 heterocycles. The highest BCUT2D eigenvalue weighted by Gasteiger charge is 2.15. The highest BCUT2D eigenvalue weighted by Crippen LogP contribution is 2.25. The van der Waals surface area contributed by atoms with Crippen molar-refractivity contribution in [2.24, 2.45) is 5.73 Å². The third-order valence-electron chi connectivity index (χ3n) is 5.08. The van der Waals surface area contributed by atoms with Crippen molar-refractivity contribution in [1.82, 2.24) is 0 Å². The number of unbranched alkanes of at least 4 members (excludes halogenated alkanes) is 10. The molecule has 7 nitrogen and oxygen atoms in total. The molecule has 0 radical (unpaired) electrons. The predicted octanol–water partition coefficient (Wildman–Crippen LogP) is 5.30. The Kier molecular flexibility index (Phi) is 18.0. The largest absolute Gasteiger partial charge is 0.504 e. The maximum absolute atomic E-state index is 11.2. The Labute approximate surface area is 193 Å². The van der Waals surface area contributed by atoms with E-state index in [9.17, 15) is 14.7 Å². The first-order valence-corrected chi connectivity index (χ1v) is 12.0. The van der Waals surface area contributed by atoms with Gasteiger partial charge in [0.1, 0.15) is 6.04 Å². The van der Waals surface area contributed by atoms with Crippen LogP contribution in [0.4, 0.5) is 0 Å². The summed E-state index contributed by atoms with van der Waals surface area (Å²) in [5.41, 5.74) is 6.27. The Morgan fingerprint density at radius 3 is 1.88 bits per heavy atom.